The second-order valence-corrected chi connectivity index (χ2v) is 10.1. The van der Waals surface area contributed by atoms with Crippen LogP contribution in [-0.4, -0.2) is 59.0 Å². The van der Waals surface area contributed by atoms with Crippen molar-refractivity contribution in [2.75, 3.05) is 19.7 Å². The lowest BCUT2D eigenvalue weighted by Crippen LogP contribution is -2.34. The SMILES string of the molecule is CCCCc1ccc(CCCCO[C@H]2CN([C@@H](C(=O)O)c3ccccc3OC3CC3)C[C@H]2F)nc1C. The van der Waals surface area contributed by atoms with Crippen LogP contribution in [0.25, 0.3) is 0 Å². The number of aromatic nitrogens is 1. The molecule has 0 bridgehead atoms. The topological polar surface area (TPSA) is 71.9 Å². The van der Waals surface area contributed by atoms with Crippen molar-refractivity contribution in [2.24, 2.45) is 0 Å². The van der Waals surface area contributed by atoms with E-state index in [0.29, 0.717) is 17.9 Å². The highest BCUT2D eigenvalue weighted by Crippen LogP contribution is 2.36. The Balaban J connectivity index is 1.25. The first-order valence-electron chi connectivity index (χ1n) is 13.4. The molecule has 1 aliphatic carbocycles. The quantitative estimate of drug-likeness (QED) is 0.349. The molecule has 0 amide bonds. The summed E-state index contributed by atoms with van der Waals surface area (Å²) >= 11 is 0. The van der Waals surface area contributed by atoms with Crippen molar-refractivity contribution >= 4 is 5.97 Å². The number of aliphatic carboxylic acids is 1. The number of halogens is 1. The number of hydrogen-bond donors (Lipinski definition) is 1. The number of aryl methyl sites for hydroxylation is 3. The van der Waals surface area contributed by atoms with Gasteiger partial charge in [-0.25, -0.2) is 4.39 Å². The molecule has 1 aromatic carbocycles. The van der Waals surface area contributed by atoms with E-state index in [2.05, 4.69) is 26.0 Å². The van der Waals surface area contributed by atoms with E-state index in [-0.39, 0.29) is 19.2 Å². The van der Waals surface area contributed by atoms with Gasteiger partial charge in [-0.3, -0.25) is 14.7 Å². The Morgan fingerprint density at radius 1 is 1.14 bits per heavy atom. The average molecular weight is 499 g/mol. The minimum absolute atomic E-state index is 0.0347. The lowest BCUT2D eigenvalue weighted by atomic mass is 10.0. The first-order valence-corrected chi connectivity index (χ1v) is 13.4. The van der Waals surface area contributed by atoms with E-state index in [1.54, 1.807) is 23.1 Å². The number of alkyl halides is 1. The zero-order valence-corrected chi connectivity index (χ0v) is 21.5. The van der Waals surface area contributed by atoms with Crippen molar-refractivity contribution in [3.8, 4) is 5.75 Å². The number of unbranched alkanes of at least 4 members (excludes halogenated alkanes) is 2. The van der Waals surface area contributed by atoms with Gasteiger partial charge in [0.1, 0.15) is 24.1 Å². The number of carbonyl (C=O) groups is 1. The van der Waals surface area contributed by atoms with Gasteiger partial charge in [-0.05, 0) is 69.6 Å². The lowest BCUT2D eigenvalue weighted by Gasteiger charge is -2.26. The number of carboxylic acid groups (broad SMARTS) is 1. The molecule has 2 heterocycles. The van der Waals surface area contributed by atoms with Gasteiger partial charge in [-0.1, -0.05) is 37.6 Å². The first-order chi connectivity index (χ1) is 17.5. The van der Waals surface area contributed by atoms with E-state index < -0.39 is 24.3 Å². The molecule has 3 atom stereocenters. The molecule has 2 aromatic rings. The summed E-state index contributed by atoms with van der Waals surface area (Å²) in [5.41, 5.74) is 4.10. The van der Waals surface area contributed by atoms with Crippen molar-refractivity contribution in [3.05, 3.63) is 58.9 Å². The van der Waals surface area contributed by atoms with Crippen molar-refractivity contribution in [3.63, 3.8) is 0 Å². The molecule has 2 fully saturated rings. The van der Waals surface area contributed by atoms with E-state index in [0.717, 1.165) is 49.9 Å². The predicted molar refractivity (Wildman–Crippen MR) is 137 cm³/mol. The number of rotatable bonds is 14. The molecule has 7 heteroatoms. The Bertz CT molecular complexity index is 1010. The van der Waals surface area contributed by atoms with Gasteiger partial charge in [0.2, 0.25) is 0 Å². The molecule has 1 N–H and O–H groups in total. The van der Waals surface area contributed by atoms with Crippen LogP contribution in [0.1, 0.15) is 74.0 Å². The molecular weight excluding hydrogens is 459 g/mol. The first kappa shape index (κ1) is 26.6. The summed E-state index contributed by atoms with van der Waals surface area (Å²) in [6.45, 7) is 5.00. The lowest BCUT2D eigenvalue weighted by molar-refractivity contribution is -0.143. The Morgan fingerprint density at radius 2 is 1.94 bits per heavy atom. The van der Waals surface area contributed by atoms with Crippen molar-refractivity contribution in [2.45, 2.75) is 89.6 Å². The number of pyridine rings is 1. The Kier molecular flexibility index (Phi) is 9.32. The van der Waals surface area contributed by atoms with Crippen LogP contribution in [0.15, 0.2) is 36.4 Å². The smallest absolute Gasteiger partial charge is 0.325 e. The minimum atomic E-state index is -1.22. The number of ether oxygens (including phenoxy) is 2. The van der Waals surface area contributed by atoms with E-state index in [1.807, 2.05) is 6.07 Å². The molecule has 0 radical (unpaired) electrons. The van der Waals surface area contributed by atoms with Crippen LogP contribution in [0, 0.1) is 6.92 Å². The third-order valence-electron chi connectivity index (χ3n) is 7.07. The van der Waals surface area contributed by atoms with Crippen LogP contribution in [0.5, 0.6) is 5.75 Å². The molecule has 36 heavy (non-hydrogen) atoms. The zero-order chi connectivity index (χ0) is 25.5. The third-order valence-corrected chi connectivity index (χ3v) is 7.07. The molecule has 1 aromatic heterocycles. The summed E-state index contributed by atoms with van der Waals surface area (Å²) < 4.78 is 26.7. The van der Waals surface area contributed by atoms with Crippen LogP contribution in [-0.2, 0) is 22.4 Å². The highest BCUT2D eigenvalue weighted by atomic mass is 19.1. The van der Waals surface area contributed by atoms with Gasteiger partial charge in [0.25, 0.3) is 0 Å². The molecule has 1 aliphatic heterocycles. The summed E-state index contributed by atoms with van der Waals surface area (Å²) in [5.74, 6) is -0.423. The van der Waals surface area contributed by atoms with Crippen molar-refractivity contribution in [1.29, 1.82) is 0 Å². The minimum Gasteiger partial charge on any atom is -0.490 e. The van der Waals surface area contributed by atoms with Gasteiger partial charge in [0, 0.05) is 36.6 Å². The third kappa shape index (κ3) is 7.04. The van der Waals surface area contributed by atoms with E-state index in [1.165, 1.54) is 18.4 Å². The number of hydrogen-bond acceptors (Lipinski definition) is 5. The van der Waals surface area contributed by atoms with Gasteiger partial charge in [-0.15, -0.1) is 0 Å². The van der Waals surface area contributed by atoms with Crippen molar-refractivity contribution < 1.29 is 23.8 Å². The van der Waals surface area contributed by atoms with Crippen LogP contribution >= 0.6 is 0 Å². The number of benzene rings is 1. The second-order valence-electron chi connectivity index (χ2n) is 10.1. The fourth-order valence-corrected chi connectivity index (χ4v) is 4.85. The largest absolute Gasteiger partial charge is 0.490 e. The fourth-order valence-electron chi connectivity index (χ4n) is 4.85. The Labute approximate surface area is 213 Å². The summed E-state index contributed by atoms with van der Waals surface area (Å²) in [7, 11) is 0. The predicted octanol–water partition coefficient (Wildman–Crippen LogP) is 5.46. The molecule has 4 rings (SSSR count). The maximum absolute atomic E-state index is 14.8. The van der Waals surface area contributed by atoms with Gasteiger partial charge in [0.15, 0.2) is 0 Å². The molecular formula is C29H39FN2O4. The van der Waals surface area contributed by atoms with E-state index >= 15 is 0 Å². The van der Waals surface area contributed by atoms with Gasteiger partial charge in [0.05, 0.1) is 6.10 Å². The van der Waals surface area contributed by atoms with Crippen LogP contribution < -0.4 is 4.74 Å². The molecule has 1 saturated heterocycles. The normalized spacial score (nSPS) is 21.0. The number of para-hydroxylation sites is 1. The molecule has 2 aliphatic rings. The summed E-state index contributed by atoms with van der Waals surface area (Å²) in [6.07, 6.45) is 6.31. The Morgan fingerprint density at radius 3 is 2.67 bits per heavy atom. The van der Waals surface area contributed by atoms with Crippen molar-refractivity contribution in [1.82, 2.24) is 9.88 Å². The van der Waals surface area contributed by atoms with Crippen LogP contribution in [0.4, 0.5) is 4.39 Å². The summed E-state index contributed by atoms with van der Waals surface area (Å²) in [5, 5.41) is 10.0. The van der Waals surface area contributed by atoms with E-state index in [9.17, 15) is 14.3 Å². The maximum Gasteiger partial charge on any atom is 0.325 e. The van der Waals surface area contributed by atoms with Crippen LogP contribution in [0.3, 0.4) is 0 Å². The van der Waals surface area contributed by atoms with Gasteiger partial charge in [-0.2, -0.15) is 0 Å². The molecule has 196 valence electrons. The molecule has 0 spiro atoms. The number of carboxylic acids is 1. The molecule has 1 saturated carbocycles. The Hall–Kier alpha value is -2.51. The fraction of sp³-hybridized carbons (Fsp3) is 0.586. The average Bonchev–Trinajstić information content (AvgIpc) is 3.60. The number of nitrogens with zero attached hydrogens (tertiary/aromatic N) is 2. The molecule has 6 nitrogen and oxygen atoms in total. The monoisotopic (exact) mass is 498 g/mol. The standard InChI is InChI=1S/C29H39FN2O4/c1-3-4-9-21-13-14-22(31-20(21)2)10-7-8-17-35-27-19-32(18-25(27)30)28(29(33)34)24-11-5-6-12-26(24)36-23-15-16-23/h5-6,11-14,23,25,27-28H,3-4,7-10,15-19H2,1-2H3,(H,33,34)/t25-,27+,28-/m1/s1. The highest BCUT2D eigenvalue weighted by Gasteiger charge is 2.41. The maximum atomic E-state index is 14.8. The summed E-state index contributed by atoms with van der Waals surface area (Å²) in [4.78, 5) is 18.6. The molecule has 0 unspecified atom stereocenters. The second kappa shape index (κ2) is 12.6. The zero-order valence-electron chi connectivity index (χ0n) is 21.5. The van der Waals surface area contributed by atoms with Gasteiger partial charge >= 0.3 is 5.97 Å². The highest BCUT2D eigenvalue weighted by molar-refractivity contribution is 5.77. The number of likely N-dealkylation sites (tertiary alicyclic amines) is 1. The van der Waals surface area contributed by atoms with E-state index in [4.69, 9.17) is 14.5 Å². The van der Waals surface area contributed by atoms with Crippen LogP contribution in [0.2, 0.25) is 0 Å². The summed E-state index contributed by atoms with van der Waals surface area (Å²) in [6, 6.07) is 10.6. The van der Waals surface area contributed by atoms with Gasteiger partial charge < -0.3 is 14.6 Å².